The summed E-state index contributed by atoms with van der Waals surface area (Å²) in [6, 6.07) is 0. The summed E-state index contributed by atoms with van der Waals surface area (Å²) in [5, 5.41) is 0. The molecule has 0 amide bonds. The summed E-state index contributed by atoms with van der Waals surface area (Å²) in [7, 11) is 0.267. The van der Waals surface area contributed by atoms with Crippen LogP contribution in [-0.4, -0.2) is 19.5 Å². The molecule has 0 aromatic rings. The minimum Gasteiger partial charge on any atom is -1.00 e. The molecule has 0 unspecified atom stereocenters. The molecule has 0 aromatic carbocycles. The largest absolute Gasteiger partial charge is 1.00 e. The van der Waals surface area contributed by atoms with E-state index in [9.17, 15) is 0 Å². The smallest absolute Gasteiger partial charge is 1.00 e. The van der Waals surface area contributed by atoms with E-state index in [1.807, 2.05) is 0 Å². The third kappa shape index (κ3) is 9.40. The van der Waals surface area contributed by atoms with Crippen molar-refractivity contribution in [2.45, 2.75) is 24.4 Å². The molecule has 0 heterocycles. The number of halogens is 3. The van der Waals surface area contributed by atoms with Crippen LogP contribution in [0.2, 0.25) is 4.13 Å². The zero-order chi connectivity index (χ0) is 9.90. The standard InChI is InChI=1S/C6H14P.C5H5.3ClH.V/c1-6(2)5-7(3)4;1-2-4-5-3-1;;;;/h5H2,1-4H3;1-3H,4H2;3*1H;/q;;;;;+3/p-3. The van der Waals surface area contributed by atoms with Crippen LogP contribution in [0, 0.1) is 0 Å². The second-order valence-electron chi connectivity index (χ2n) is 4.45. The van der Waals surface area contributed by atoms with E-state index in [1.165, 1.54) is 12.6 Å². The molecule has 0 saturated heterocycles. The zero-order valence-corrected chi connectivity index (χ0v) is 14.7. The maximum Gasteiger partial charge on any atom is -1.00 e. The minimum atomic E-state index is 0. The third-order valence-corrected chi connectivity index (χ3v) is 5.88. The molecule has 0 spiro atoms. The normalized spacial score (nSPS) is 13.2. The van der Waals surface area contributed by atoms with Gasteiger partial charge in [-0.3, -0.25) is 0 Å². The van der Waals surface area contributed by atoms with Gasteiger partial charge < -0.3 is 37.2 Å². The van der Waals surface area contributed by atoms with E-state index in [4.69, 9.17) is 0 Å². The minimum absolute atomic E-state index is 0. The number of allylic oxidation sites excluding steroid dienone is 4. The van der Waals surface area contributed by atoms with Crippen molar-refractivity contribution in [1.29, 1.82) is 0 Å². The molecule has 0 nitrogen and oxygen atoms in total. The quantitative estimate of drug-likeness (QED) is 0.450. The molecule has 0 aromatic heterocycles. The molecule has 0 bridgehead atoms. The van der Waals surface area contributed by atoms with E-state index in [-0.39, 0.29) is 45.1 Å². The predicted molar refractivity (Wildman–Crippen MR) is 59.5 cm³/mol. The van der Waals surface area contributed by atoms with Crippen LogP contribution in [-0.2, 0) is 16.3 Å². The Morgan fingerprint density at radius 1 is 1.25 bits per heavy atom. The molecule has 1 rings (SSSR count). The first-order valence-electron chi connectivity index (χ1n) is 4.73. The Bertz CT molecular complexity index is 237. The van der Waals surface area contributed by atoms with Gasteiger partial charge in [0.15, 0.2) is 0 Å². The first-order chi connectivity index (χ1) is 5.99. The fraction of sp³-hybridized carbons (Fsp3) is 0.636. The summed E-state index contributed by atoms with van der Waals surface area (Å²) < 4.78 is 2.31. The average molecular weight is 340 g/mol. The number of rotatable bonds is 4. The van der Waals surface area contributed by atoms with Crippen LogP contribution in [0.25, 0.3) is 0 Å². The van der Waals surface area contributed by atoms with E-state index in [1.54, 1.807) is 4.28 Å². The molecule has 16 heavy (non-hydrogen) atoms. The molecule has 5 heteroatoms. The Morgan fingerprint density at radius 3 is 2.19 bits per heavy atom. The number of hydrogen-bond acceptors (Lipinski definition) is 0. The van der Waals surface area contributed by atoms with Gasteiger partial charge in [-0.05, 0) is 0 Å². The van der Waals surface area contributed by atoms with Gasteiger partial charge in [-0.1, -0.05) is 0 Å². The van der Waals surface area contributed by atoms with E-state index >= 15 is 0 Å². The van der Waals surface area contributed by atoms with Gasteiger partial charge in [0.05, 0.1) is 0 Å². The van der Waals surface area contributed by atoms with Crippen LogP contribution in [0.15, 0.2) is 22.5 Å². The van der Waals surface area contributed by atoms with Gasteiger partial charge >= 0.3 is 90.6 Å². The van der Waals surface area contributed by atoms with E-state index in [0.717, 1.165) is 0 Å². The average Bonchev–Trinajstić information content (AvgIpc) is 2.34. The Kier molecular flexibility index (Phi) is 14.5. The summed E-state index contributed by atoms with van der Waals surface area (Å²) in [6.07, 6.45) is 9.48. The zero-order valence-electron chi connectivity index (χ0n) is 10.2. The number of hydrogen-bond donors (Lipinski definition) is 0. The SMILES string of the molecule is CP(C)C[C](C)(C)[V+3][C]1=CC=CC1.[Cl-].[Cl-].[Cl-]. The van der Waals surface area contributed by atoms with Crippen LogP contribution >= 0.6 is 7.92 Å². The van der Waals surface area contributed by atoms with Gasteiger partial charge in [-0.2, -0.15) is 0 Å². The summed E-state index contributed by atoms with van der Waals surface area (Å²) in [4.78, 5) is 0. The topological polar surface area (TPSA) is 0 Å². The van der Waals surface area contributed by atoms with Crippen LogP contribution in [0.5, 0.6) is 0 Å². The Labute approximate surface area is 127 Å². The molecular weight excluding hydrogens is 320 g/mol. The van der Waals surface area contributed by atoms with Crippen molar-refractivity contribution < 1.29 is 53.5 Å². The predicted octanol–water partition coefficient (Wildman–Crippen LogP) is -5.14. The first kappa shape index (κ1) is 22.5. The molecule has 0 saturated carbocycles. The second kappa shape index (κ2) is 10.3. The van der Waals surface area contributed by atoms with Gasteiger partial charge in [0.25, 0.3) is 0 Å². The van der Waals surface area contributed by atoms with Crippen molar-refractivity contribution in [1.82, 2.24) is 0 Å². The molecule has 0 radical (unpaired) electrons. The summed E-state index contributed by atoms with van der Waals surface area (Å²) >= 11 is 0.407. The van der Waals surface area contributed by atoms with Crippen molar-refractivity contribution in [2.75, 3.05) is 19.5 Å². The van der Waals surface area contributed by atoms with Crippen LogP contribution < -0.4 is 37.2 Å². The maximum atomic E-state index is 2.44. The molecule has 0 fully saturated rings. The summed E-state index contributed by atoms with van der Waals surface area (Å²) in [6.45, 7) is 9.65. The van der Waals surface area contributed by atoms with Crippen molar-refractivity contribution in [3.63, 3.8) is 0 Å². The van der Waals surface area contributed by atoms with Gasteiger partial charge in [0.2, 0.25) is 0 Å². The van der Waals surface area contributed by atoms with Crippen LogP contribution in [0.4, 0.5) is 0 Å². The molecule has 1 aliphatic rings. The van der Waals surface area contributed by atoms with Crippen LogP contribution in [0.1, 0.15) is 20.3 Å². The molecule has 0 aliphatic heterocycles. The Hall–Kier alpha value is 1.36. The van der Waals surface area contributed by atoms with Gasteiger partial charge in [-0.15, -0.1) is 0 Å². The van der Waals surface area contributed by atoms with Gasteiger partial charge in [0, 0.05) is 0 Å². The Morgan fingerprint density at radius 2 is 1.81 bits per heavy atom. The van der Waals surface area contributed by atoms with Crippen molar-refractivity contribution in [2.24, 2.45) is 0 Å². The molecule has 0 N–H and O–H groups in total. The second-order valence-corrected chi connectivity index (χ2v) is 10.1. The van der Waals surface area contributed by atoms with Crippen molar-refractivity contribution in [3.05, 3.63) is 22.5 Å². The molecule has 1 aliphatic carbocycles. The first-order valence-corrected chi connectivity index (χ1v) is 8.55. The van der Waals surface area contributed by atoms with Crippen molar-refractivity contribution >= 4 is 7.92 Å². The van der Waals surface area contributed by atoms with Gasteiger partial charge in [0.1, 0.15) is 0 Å². The summed E-state index contributed by atoms with van der Waals surface area (Å²) in [5.41, 5.74) is 0. The van der Waals surface area contributed by atoms with Crippen molar-refractivity contribution in [3.8, 4) is 0 Å². The molecular formula is C11H19Cl3PV. The molecule has 0 atom stereocenters. The summed E-state index contributed by atoms with van der Waals surface area (Å²) in [5.74, 6) is 0. The third-order valence-electron chi connectivity index (χ3n) is 1.90. The van der Waals surface area contributed by atoms with E-state index < -0.39 is 0 Å². The van der Waals surface area contributed by atoms with Crippen LogP contribution in [0.3, 0.4) is 0 Å². The van der Waals surface area contributed by atoms with E-state index in [0.29, 0.717) is 20.4 Å². The van der Waals surface area contributed by atoms with E-state index in [2.05, 4.69) is 45.4 Å². The molecule has 94 valence electrons. The fourth-order valence-electron chi connectivity index (χ4n) is 1.72. The monoisotopic (exact) mass is 338 g/mol. The fourth-order valence-corrected chi connectivity index (χ4v) is 6.76. The maximum absolute atomic E-state index is 2.44. The Balaban J connectivity index is -0.000000563. The van der Waals surface area contributed by atoms with Gasteiger partial charge in [-0.25, -0.2) is 0 Å².